The van der Waals surface area contributed by atoms with E-state index in [2.05, 4.69) is 18.2 Å². The molecule has 0 aromatic heterocycles. The molecule has 0 atom stereocenters. The van der Waals surface area contributed by atoms with Crippen LogP contribution in [0.4, 0.5) is 0 Å². The van der Waals surface area contributed by atoms with Crippen LogP contribution in [0, 0.1) is 0 Å². The van der Waals surface area contributed by atoms with Crippen molar-refractivity contribution in [2.75, 3.05) is 0 Å². The number of allylic oxidation sites excluding steroid dienone is 1. The monoisotopic (exact) mass is 236 g/mol. The summed E-state index contributed by atoms with van der Waals surface area (Å²) in [5.41, 5.74) is 3.54. The fraction of sp³-hybridized carbons (Fsp3) is 0.125. The summed E-state index contributed by atoms with van der Waals surface area (Å²) in [5, 5.41) is 0. The second-order valence-corrected chi connectivity index (χ2v) is 4.58. The van der Waals surface area contributed by atoms with Gasteiger partial charge in [-0.25, -0.2) is 0 Å². The van der Waals surface area contributed by atoms with Gasteiger partial charge in [-0.2, -0.15) is 0 Å². The molecule has 0 amide bonds. The van der Waals surface area contributed by atoms with Crippen molar-refractivity contribution in [1.82, 2.24) is 0 Å². The van der Waals surface area contributed by atoms with Crippen molar-refractivity contribution in [2.45, 2.75) is 13.0 Å². The highest BCUT2D eigenvalue weighted by Crippen LogP contribution is 2.38. The first-order valence-corrected chi connectivity index (χ1v) is 6.12. The molecule has 0 unspecified atom stereocenters. The van der Waals surface area contributed by atoms with Crippen LogP contribution in [0.5, 0.6) is 5.75 Å². The molecule has 2 nitrogen and oxygen atoms in total. The molecule has 2 aromatic rings. The summed E-state index contributed by atoms with van der Waals surface area (Å²) in [7, 11) is 0. The zero-order chi connectivity index (χ0) is 11.9. The Morgan fingerprint density at radius 1 is 0.833 bits per heavy atom. The van der Waals surface area contributed by atoms with Crippen LogP contribution in [-0.4, -0.2) is 0 Å². The van der Waals surface area contributed by atoms with Crippen molar-refractivity contribution in [2.24, 2.45) is 0 Å². The van der Waals surface area contributed by atoms with E-state index in [1.807, 2.05) is 30.3 Å². The second-order valence-electron chi connectivity index (χ2n) is 4.58. The first-order valence-electron chi connectivity index (χ1n) is 6.12. The molecule has 0 N–H and O–H groups in total. The van der Waals surface area contributed by atoms with Crippen LogP contribution in [0.15, 0.2) is 54.3 Å². The predicted molar refractivity (Wildman–Crippen MR) is 68.9 cm³/mol. The van der Waals surface area contributed by atoms with E-state index in [0.29, 0.717) is 6.61 Å². The van der Waals surface area contributed by atoms with Crippen molar-refractivity contribution in [3.8, 4) is 5.75 Å². The number of benzene rings is 2. The lowest BCUT2D eigenvalue weighted by Gasteiger charge is -2.28. The Labute approximate surface area is 105 Å². The van der Waals surface area contributed by atoms with Gasteiger partial charge < -0.3 is 9.47 Å². The molecule has 18 heavy (non-hydrogen) atoms. The Bertz CT molecular complexity index is 656. The van der Waals surface area contributed by atoms with Crippen LogP contribution in [0.1, 0.15) is 16.7 Å². The number of fused-ring (bicyclic) bond motifs is 3. The minimum Gasteiger partial charge on any atom is -0.489 e. The van der Waals surface area contributed by atoms with E-state index in [0.717, 1.165) is 29.3 Å². The molecule has 0 fully saturated rings. The minimum absolute atomic E-state index is 0.639. The highest BCUT2D eigenvalue weighted by molar-refractivity contribution is 5.70. The Morgan fingerprint density at radius 2 is 1.61 bits per heavy atom. The van der Waals surface area contributed by atoms with Gasteiger partial charge in [-0.1, -0.05) is 42.5 Å². The van der Waals surface area contributed by atoms with Gasteiger partial charge in [0, 0.05) is 23.1 Å². The highest BCUT2D eigenvalue weighted by Gasteiger charge is 2.27. The van der Waals surface area contributed by atoms with Gasteiger partial charge in [0.1, 0.15) is 18.1 Å². The van der Waals surface area contributed by atoms with Crippen molar-refractivity contribution in [3.63, 3.8) is 0 Å². The summed E-state index contributed by atoms with van der Waals surface area (Å²) >= 11 is 0. The Hall–Kier alpha value is -2.22. The lowest BCUT2D eigenvalue weighted by molar-refractivity contribution is 0.176. The molecule has 4 rings (SSSR count). The summed E-state index contributed by atoms with van der Waals surface area (Å²) in [5.74, 6) is 2.78. The quantitative estimate of drug-likeness (QED) is 0.696. The van der Waals surface area contributed by atoms with E-state index >= 15 is 0 Å². The van der Waals surface area contributed by atoms with Gasteiger partial charge in [0.2, 0.25) is 0 Å². The van der Waals surface area contributed by atoms with Gasteiger partial charge in [-0.05, 0) is 6.07 Å². The van der Waals surface area contributed by atoms with Crippen LogP contribution in [0.2, 0.25) is 0 Å². The molecule has 0 spiro atoms. The Balaban J connectivity index is 1.86. The molecule has 0 radical (unpaired) electrons. The number of para-hydroxylation sites is 1. The fourth-order valence-electron chi connectivity index (χ4n) is 2.52. The van der Waals surface area contributed by atoms with E-state index in [1.165, 1.54) is 11.1 Å². The van der Waals surface area contributed by atoms with Crippen molar-refractivity contribution < 1.29 is 9.47 Å². The fourth-order valence-corrected chi connectivity index (χ4v) is 2.52. The van der Waals surface area contributed by atoms with E-state index in [9.17, 15) is 0 Å². The van der Waals surface area contributed by atoms with Crippen LogP contribution >= 0.6 is 0 Å². The van der Waals surface area contributed by atoms with E-state index in [4.69, 9.17) is 9.47 Å². The summed E-state index contributed by atoms with van der Waals surface area (Å²) in [6.07, 6.45) is 0.819. The average molecular weight is 236 g/mol. The molecular weight excluding hydrogens is 224 g/mol. The first kappa shape index (κ1) is 9.77. The third-order valence-corrected chi connectivity index (χ3v) is 3.45. The summed E-state index contributed by atoms with van der Waals surface area (Å²) in [6, 6.07) is 16.4. The zero-order valence-electron chi connectivity index (χ0n) is 9.85. The third kappa shape index (κ3) is 1.35. The molecule has 2 heterocycles. The van der Waals surface area contributed by atoms with Crippen LogP contribution in [-0.2, 0) is 17.8 Å². The number of hydrogen-bond acceptors (Lipinski definition) is 2. The predicted octanol–water partition coefficient (Wildman–Crippen LogP) is 3.52. The average Bonchev–Trinajstić information content (AvgIpc) is 2.45. The van der Waals surface area contributed by atoms with Crippen LogP contribution in [0.25, 0.3) is 5.76 Å². The first-order chi connectivity index (χ1) is 8.92. The topological polar surface area (TPSA) is 18.5 Å². The molecule has 88 valence electrons. The number of rotatable bonds is 0. The van der Waals surface area contributed by atoms with Gasteiger partial charge in [0.05, 0.1) is 0 Å². The number of hydrogen-bond donors (Lipinski definition) is 0. The lowest BCUT2D eigenvalue weighted by atomic mass is 9.98. The molecule has 0 saturated heterocycles. The van der Waals surface area contributed by atoms with Crippen molar-refractivity contribution in [1.29, 1.82) is 0 Å². The summed E-state index contributed by atoms with van der Waals surface area (Å²) < 4.78 is 11.8. The van der Waals surface area contributed by atoms with Crippen LogP contribution < -0.4 is 4.74 Å². The SMILES string of the molecule is c1ccc2c(c1)CC1=C(O2)c2ccccc2CO1. The zero-order valence-corrected chi connectivity index (χ0v) is 9.85. The standard InChI is InChI=1S/C16H12O2/c1-3-7-13-12(6-1)10-17-15-9-11-5-2-4-8-14(11)18-16(13)15/h1-8H,9-10H2. The van der Waals surface area contributed by atoms with Gasteiger partial charge >= 0.3 is 0 Å². The normalized spacial score (nSPS) is 16.0. The Kier molecular flexibility index (Phi) is 1.97. The molecule has 2 aliphatic rings. The molecule has 0 aliphatic carbocycles. The third-order valence-electron chi connectivity index (χ3n) is 3.45. The highest BCUT2D eigenvalue weighted by atomic mass is 16.5. The maximum Gasteiger partial charge on any atom is 0.172 e. The van der Waals surface area contributed by atoms with Gasteiger partial charge in [0.15, 0.2) is 5.76 Å². The molecule has 2 heteroatoms. The van der Waals surface area contributed by atoms with Crippen molar-refractivity contribution >= 4 is 5.76 Å². The maximum absolute atomic E-state index is 6.02. The van der Waals surface area contributed by atoms with Gasteiger partial charge in [0.25, 0.3) is 0 Å². The molecule has 2 aromatic carbocycles. The number of ether oxygens (including phenoxy) is 2. The lowest BCUT2D eigenvalue weighted by Crippen LogP contribution is -2.17. The molecular formula is C16H12O2. The van der Waals surface area contributed by atoms with Gasteiger partial charge in [-0.3, -0.25) is 0 Å². The molecule has 0 saturated carbocycles. The maximum atomic E-state index is 6.02. The largest absolute Gasteiger partial charge is 0.489 e. The van der Waals surface area contributed by atoms with E-state index < -0.39 is 0 Å². The van der Waals surface area contributed by atoms with Crippen molar-refractivity contribution in [3.05, 3.63) is 71.0 Å². The summed E-state index contributed by atoms with van der Waals surface area (Å²) in [6.45, 7) is 0.639. The second kappa shape index (κ2) is 3.64. The molecule has 0 bridgehead atoms. The molecule has 2 aliphatic heterocycles. The Morgan fingerprint density at radius 3 is 2.56 bits per heavy atom. The van der Waals surface area contributed by atoms with Gasteiger partial charge in [-0.15, -0.1) is 0 Å². The summed E-state index contributed by atoms with van der Waals surface area (Å²) in [4.78, 5) is 0. The smallest absolute Gasteiger partial charge is 0.172 e. The van der Waals surface area contributed by atoms with Crippen LogP contribution in [0.3, 0.4) is 0 Å². The van der Waals surface area contributed by atoms with E-state index in [1.54, 1.807) is 0 Å². The van der Waals surface area contributed by atoms with E-state index in [-0.39, 0.29) is 0 Å². The minimum atomic E-state index is 0.639.